The Morgan fingerprint density at radius 2 is 2.16 bits per heavy atom. The highest BCUT2D eigenvalue weighted by atomic mass is 16.5. The monoisotopic (exact) mass is 265 g/mol. The molecule has 106 valence electrons. The van der Waals surface area contributed by atoms with Gasteiger partial charge in [-0.25, -0.2) is 4.79 Å². The van der Waals surface area contributed by atoms with Gasteiger partial charge in [-0.2, -0.15) is 0 Å². The van der Waals surface area contributed by atoms with E-state index in [1.54, 1.807) is 6.07 Å². The summed E-state index contributed by atoms with van der Waals surface area (Å²) in [7, 11) is 1.36. The SMILES string of the molecule is COC(=O)c1ccc(CNC2CCCCCC2C)o1. The fraction of sp³-hybridized carbons (Fsp3) is 0.667. The molecule has 2 unspecified atom stereocenters. The average molecular weight is 265 g/mol. The van der Waals surface area contributed by atoms with E-state index in [0.717, 1.165) is 5.76 Å². The van der Waals surface area contributed by atoms with E-state index in [-0.39, 0.29) is 5.76 Å². The third kappa shape index (κ3) is 3.83. The van der Waals surface area contributed by atoms with Crippen molar-refractivity contribution < 1.29 is 13.9 Å². The number of carbonyl (C=O) groups is 1. The molecule has 0 spiro atoms. The number of rotatable bonds is 4. The highest BCUT2D eigenvalue weighted by Crippen LogP contribution is 2.23. The fourth-order valence-corrected chi connectivity index (χ4v) is 2.71. The van der Waals surface area contributed by atoms with Crippen molar-refractivity contribution in [3.63, 3.8) is 0 Å². The van der Waals surface area contributed by atoms with Crippen LogP contribution in [-0.4, -0.2) is 19.1 Å². The molecule has 4 heteroatoms. The first-order valence-corrected chi connectivity index (χ1v) is 7.11. The lowest BCUT2D eigenvalue weighted by molar-refractivity contribution is 0.0562. The number of hydrogen-bond acceptors (Lipinski definition) is 4. The summed E-state index contributed by atoms with van der Waals surface area (Å²) in [4.78, 5) is 11.3. The van der Waals surface area contributed by atoms with Crippen molar-refractivity contribution in [2.45, 2.75) is 51.6 Å². The normalized spacial score (nSPS) is 23.9. The number of ether oxygens (including phenoxy) is 1. The Morgan fingerprint density at radius 1 is 1.37 bits per heavy atom. The highest BCUT2D eigenvalue weighted by Gasteiger charge is 2.20. The van der Waals surface area contributed by atoms with Crippen molar-refractivity contribution in [3.05, 3.63) is 23.7 Å². The largest absolute Gasteiger partial charge is 0.463 e. The van der Waals surface area contributed by atoms with E-state index in [1.165, 1.54) is 39.2 Å². The lowest BCUT2D eigenvalue weighted by atomic mass is 9.97. The second kappa shape index (κ2) is 6.75. The van der Waals surface area contributed by atoms with Gasteiger partial charge in [-0.1, -0.05) is 26.2 Å². The first kappa shape index (κ1) is 14.1. The minimum Gasteiger partial charge on any atom is -0.463 e. The van der Waals surface area contributed by atoms with Crippen LogP contribution in [0.25, 0.3) is 0 Å². The van der Waals surface area contributed by atoms with Crippen LogP contribution in [0.4, 0.5) is 0 Å². The summed E-state index contributed by atoms with van der Waals surface area (Å²) in [6.45, 7) is 2.98. The third-order valence-electron chi connectivity index (χ3n) is 3.95. The lowest BCUT2D eigenvalue weighted by Crippen LogP contribution is -2.33. The maximum absolute atomic E-state index is 11.3. The topological polar surface area (TPSA) is 51.5 Å². The van der Waals surface area contributed by atoms with Crippen LogP contribution in [0.3, 0.4) is 0 Å². The smallest absolute Gasteiger partial charge is 0.373 e. The van der Waals surface area contributed by atoms with Gasteiger partial charge in [0.2, 0.25) is 5.76 Å². The second-order valence-electron chi connectivity index (χ2n) is 5.36. The fourth-order valence-electron chi connectivity index (χ4n) is 2.71. The molecule has 1 fully saturated rings. The zero-order valence-electron chi connectivity index (χ0n) is 11.8. The summed E-state index contributed by atoms with van der Waals surface area (Å²) >= 11 is 0. The standard InChI is InChI=1S/C15H23NO3/c1-11-6-4-3-5-7-13(11)16-10-12-8-9-14(19-12)15(17)18-2/h8-9,11,13,16H,3-7,10H2,1-2H3. The average Bonchev–Trinajstić information content (AvgIpc) is 2.80. The third-order valence-corrected chi connectivity index (χ3v) is 3.95. The molecule has 0 radical (unpaired) electrons. The molecule has 1 heterocycles. The Kier molecular flexibility index (Phi) is 5.02. The van der Waals surface area contributed by atoms with Crippen LogP contribution in [0.5, 0.6) is 0 Å². The van der Waals surface area contributed by atoms with E-state index in [9.17, 15) is 4.79 Å². The van der Waals surface area contributed by atoms with Gasteiger partial charge in [0.05, 0.1) is 13.7 Å². The first-order valence-electron chi connectivity index (χ1n) is 7.11. The number of methoxy groups -OCH3 is 1. The molecule has 19 heavy (non-hydrogen) atoms. The van der Waals surface area contributed by atoms with E-state index in [2.05, 4.69) is 17.0 Å². The molecule has 0 amide bonds. The lowest BCUT2D eigenvalue weighted by Gasteiger charge is -2.22. The Morgan fingerprint density at radius 3 is 2.95 bits per heavy atom. The quantitative estimate of drug-likeness (QED) is 0.671. The predicted octanol–water partition coefficient (Wildman–Crippen LogP) is 3.12. The summed E-state index contributed by atoms with van der Waals surface area (Å²) in [5.74, 6) is 1.34. The molecular weight excluding hydrogens is 242 g/mol. The molecule has 2 atom stereocenters. The van der Waals surface area contributed by atoms with Crippen molar-refractivity contribution in [3.8, 4) is 0 Å². The van der Waals surface area contributed by atoms with Crippen LogP contribution >= 0.6 is 0 Å². The van der Waals surface area contributed by atoms with Gasteiger partial charge >= 0.3 is 5.97 Å². The number of nitrogens with one attached hydrogen (secondary N) is 1. The van der Waals surface area contributed by atoms with Crippen LogP contribution in [-0.2, 0) is 11.3 Å². The molecule has 0 aromatic carbocycles. The van der Waals surface area contributed by atoms with Crippen LogP contribution < -0.4 is 5.32 Å². The summed E-state index contributed by atoms with van der Waals surface area (Å²) in [6.07, 6.45) is 6.50. The van der Waals surface area contributed by atoms with Gasteiger partial charge in [0.25, 0.3) is 0 Å². The minimum atomic E-state index is -0.422. The summed E-state index contributed by atoms with van der Waals surface area (Å²) in [5.41, 5.74) is 0. The molecule has 1 aliphatic carbocycles. The number of hydrogen-bond donors (Lipinski definition) is 1. The van der Waals surface area contributed by atoms with Crippen LogP contribution in [0.15, 0.2) is 16.5 Å². The number of esters is 1. The Bertz CT molecular complexity index is 413. The van der Waals surface area contributed by atoms with E-state index < -0.39 is 5.97 Å². The number of furan rings is 1. The van der Waals surface area contributed by atoms with Gasteiger partial charge in [-0.15, -0.1) is 0 Å². The molecule has 1 N–H and O–H groups in total. The Labute approximate surface area is 114 Å². The highest BCUT2D eigenvalue weighted by molar-refractivity contribution is 5.86. The van der Waals surface area contributed by atoms with E-state index >= 15 is 0 Å². The summed E-state index contributed by atoms with van der Waals surface area (Å²) in [6, 6.07) is 4.05. The molecule has 1 aromatic rings. The minimum absolute atomic E-state index is 0.271. The van der Waals surface area contributed by atoms with Crippen LogP contribution in [0.2, 0.25) is 0 Å². The molecule has 1 aromatic heterocycles. The van der Waals surface area contributed by atoms with Gasteiger partial charge in [0.1, 0.15) is 5.76 Å². The van der Waals surface area contributed by atoms with Crippen LogP contribution in [0, 0.1) is 5.92 Å². The first-order chi connectivity index (χ1) is 9.20. The molecule has 4 nitrogen and oxygen atoms in total. The van der Waals surface area contributed by atoms with E-state index in [0.29, 0.717) is 18.5 Å². The van der Waals surface area contributed by atoms with E-state index in [4.69, 9.17) is 4.42 Å². The Hall–Kier alpha value is -1.29. The molecule has 1 saturated carbocycles. The van der Waals surface area contributed by atoms with Gasteiger partial charge in [-0.05, 0) is 30.9 Å². The molecule has 0 saturated heterocycles. The van der Waals surface area contributed by atoms with Crippen LogP contribution in [0.1, 0.15) is 55.3 Å². The van der Waals surface area contributed by atoms with Crippen molar-refractivity contribution in [2.75, 3.05) is 7.11 Å². The maximum atomic E-state index is 11.3. The van der Waals surface area contributed by atoms with Crippen molar-refractivity contribution in [1.82, 2.24) is 5.32 Å². The van der Waals surface area contributed by atoms with Crippen molar-refractivity contribution in [1.29, 1.82) is 0 Å². The van der Waals surface area contributed by atoms with Crippen molar-refractivity contribution >= 4 is 5.97 Å². The van der Waals surface area contributed by atoms with Gasteiger partial charge in [0.15, 0.2) is 0 Å². The molecule has 2 rings (SSSR count). The zero-order valence-corrected chi connectivity index (χ0v) is 11.8. The molecule has 0 bridgehead atoms. The molecule has 1 aliphatic rings. The maximum Gasteiger partial charge on any atom is 0.373 e. The zero-order chi connectivity index (χ0) is 13.7. The summed E-state index contributed by atoms with van der Waals surface area (Å²) < 4.78 is 10.1. The predicted molar refractivity (Wildman–Crippen MR) is 72.9 cm³/mol. The van der Waals surface area contributed by atoms with E-state index in [1.807, 2.05) is 6.07 Å². The molecule has 0 aliphatic heterocycles. The van der Waals surface area contributed by atoms with Gasteiger partial charge in [0, 0.05) is 6.04 Å². The second-order valence-corrected chi connectivity index (χ2v) is 5.36. The number of carbonyl (C=O) groups excluding carboxylic acids is 1. The Balaban J connectivity index is 1.87. The van der Waals surface area contributed by atoms with Crippen molar-refractivity contribution in [2.24, 2.45) is 5.92 Å². The van der Waals surface area contributed by atoms with Gasteiger partial charge in [-0.3, -0.25) is 0 Å². The van der Waals surface area contributed by atoms with Gasteiger partial charge < -0.3 is 14.5 Å². The molecular formula is C15H23NO3. The summed E-state index contributed by atoms with van der Waals surface area (Å²) in [5, 5.41) is 3.55.